The number of carboxylic acids is 1. The summed E-state index contributed by atoms with van der Waals surface area (Å²) in [4.78, 5) is 29.0. The minimum Gasteiger partial charge on any atom is -0.480 e. The third-order valence-corrected chi connectivity index (χ3v) is 9.81. The molecule has 0 unspecified atom stereocenters. The third-order valence-electron chi connectivity index (χ3n) is 9.81. The zero-order valence-electron chi connectivity index (χ0n) is 24.4. The monoisotopic (exact) mass is 582 g/mol. The van der Waals surface area contributed by atoms with Gasteiger partial charge < -0.3 is 24.8 Å². The van der Waals surface area contributed by atoms with Crippen LogP contribution in [-0.4, -0.2) is 46.8 Å². The first kappa shape index (κ1) is 28.9. The Labute approximate surface area is 245 Å². The van der Waals surface area contributed by atoms with Crippen LogP contribution >= 0.6 is 0 Å². The lowest BCUT2D eigenvalue weighted by atomic mass is 9.72. The van der Waals surface area contributed by atoms with E-state index in [0.29, 0.717) is 6.54 Å². The zero-order valence-corrected chi connectivity index (χ0v) is 24.4. The molecule has 2 aromatic rings. The summed E-state index contributed by atoms with van der Waals surface area (Å²) in [5.74, 6) is -1.56. The first-order chi connectivity index (χ1) is 19.9. The summed E-state index contributed by atoms with van der Waals surface area (Å²) in [6, 6.07) is 12.9. The Morgan fingerprint density at radius 2 is 1.67 bits per heavy atom. The molecule has 2 heterocycles. The SMILES string of the molecule is CC(C)(C)[C@H]1[C@H](NCC2(c3ccc4c(c3)OC(F)(F)O4)CC2)[C@H](c2ccccc2)N(C(=O)C2CCCCC2)[C@@H]1C(=O)O. The number of amides is 1. The van der Waals surface area contributed by atoms with E-state index in [2.05, 4.69) is 10.1 Å². The van der Waals surface area contributed by atoms with Gasteiger partial charge in [-0.15, -0.1) is 8.78 Å². The number of nitrogens with zero attached hydrogens (tertiary/aromatic N) is 1. The maximum atomic E-state index is 14.3. The van der Waals surface area contributed by atoms with Crippen LogP contribution in [0, 0.1) is 17.3 Å². The second kappa shape index (κ2) is 10.5. The van der Waals surface area contributed by atoms with Gasteiger partial charge >= 0.3 is 12.3 Å². The number of fused-ring (bicyclic) bond motifs is 1. The van der Waals surface area contributed by atoms with E-state index in [9.17, 15) is 23.5 Å². The van der Waals surface area contributed by atoms with Crippen molar-refractivity contribution in [3.05, 3.63) is 59.7 Å². The lowest BCUT2D eigenvalue weighted by Gasteiger charge is -2.36. The van der Waals surface area contributed by atoms with Crippen LogP contribution in [0.15, 0.2) is 48.5 Å². The highest BCUT2D eigenvalue weighted by Gasteiger charge is 2.59. The molecular weight excluding hydrogens is 542 g/mol. The van der Waals surface area contributed by atoms with Crippen LogP contribution in [0.2, 0.25) is 0 Å². The van der Waals surface area contributed by atoms with Crippen molar-refractivity contribution < 1.29 is 33.0 Å². The van der Waals surface area contributed by atoms with Crippen molar-refractivity contribution >= 4 is 11.9 Å². The molecule has 6 rings (SSSR count). The van der Waals surface area contributed by atoms with Gasteiger partial charge in [0.1, 0.15) is 6.04 Å². The second-order valence-electron chi connectivity index (χ2n) is 13.6. The Bertz CT molecular complexity index is 1330. The summed E-state index contributed by atoms with van der Waals surface area (Å²) < 4.78 is 36.7. The number of rotatable bonds is 7. The number of hydrogen-bond acceptors (Lipinski definition) is 5. The molecule has 0 radical (unpaired) electrons. The maximum Gasteiger partial charge on any atom is 0.586 e. The summed E-state index contributed by atoms with van der Waals surface area (Å²) in [6.07, 6.45) is 2.66. The largest absolute Gasteiger partial charge is 0.586 e. The van der Waals surface area contributed by atoms with Crippen molar-refractivity contribution in [2.24, 2.45) is 17.3 Å². The van der Waals surface area contributed by atoms with E-state index in [1.807, 2.05) is 57.2 Å². The van der Waals surface area contributed by atoms with Crippen molar-refractivity contribution in [2.75, 3.05) is 6.54 Å². The van der Waals surface area contributed by atoms with Crippen LogP contribution in [0.1, 0.15) is 82.9 Å². The van der Waals surface area contributed by atoms with E-state index in [1.54, 1.807) is 11.0 Å². The van der Waals surface area contributed by atoms with Gasteiger partial charge in [0, 0.05) is 29.8 Å². The minimum atomic E-state index is -3.68. The highest BCUT2D eigenvalue weighted by atomic mass is 19.3. The molecule has 42 heavy (non-hydrogen) atoms. The van der Waals surface area contributed by atoms with Gasteiger partial charge in [-0.25, -0.2) is 4.79 Å². The number of benzene rings is 2. The Morgan fingerprint density at radius 1 is 1.00 bits per heavy atom. The fourth-order valence-corrected chi connectivity index (χ4v) is 7.60. The molecule has 0 aromatic heterocycles. The Kier molecular flexibility index (Phi) is 7.23. The van der Waals surface area contributed by atoms with E-state index in [4.69, 9.17) is 4.74 Å². The van der Waals surface area contributed by atoms with Crippen LogP contribution in [0.5, 0.6) is 11.5 Å². The molecular formula is C33H40F2N2O5. The van der Waals surface area contributed by atoms with Gasteiger partial charge in [-0.3, -0.25) is 4.79 Å². The molecule has 2 N–H and O–H groups in total. The average molecular weight is 583 g/mol. The van der Waals surface area contributed by atoms with E-state index >= 15 is 0 Å². The molecule has 0 bridgehead atoms. The molecule has 9 heteroatoms. The molecule has 2 aromatic carbocycles. The second-order valence-corrected chi connectivity index (χ2v) is 13.6. The molecule has 226 valence electrons. The van der Waals surface area contributed by atoms with E-state index in [1.165, 1.54) is 6.07 Å². The number of hydrogen-bond donors (Lipinski definition) is 2. The first-order valence-corrected chi connectivity index (χ1v) is 15.1. The highest BCUT2D eigenvalue weighted by molar-refractivity contribution is 5.87. The third kappa shape index (κ3) is 5.25. The summed E-state index contributed by atoms with van der Waals surface area (Å²) in [6.45, 7) is 6.65. The maximum absolute atomic E-state index is 14.3. The number of likely N-dealkylation sites (tertiary alicyclic amines) is 1. The summed E-state index contributed by atoms with van der Waals surface area (Å²) in [5, 5.41) is 14.5. The van der Waals surface area contributed by atoms with Crippen molar-refractivity contribution in [1.29, 1.82) is 0 Å². The van der Waals surface area contributed by atoms with Gasteiger partial charge in [-0.05, 0) is 54.4 Å². The summed E-state index contributed by atoms with van der Waals surface area (Å²) in [5.41, 5.74) is 1.05. The van der Waals surface area contributed by atoms with Crippen molar-refractivity contribution in [3.8, 4) is 11.5 Å². The minimum absolute atomic E-state index is 0.0152. The number of aliphatic carboxylic acids is 1. The standard InChI is InChI=1S/C33H40F2N2O5/c1-31(2,3)25-26(36-19-32(16-17-32)22-14-15-23-24(18-22)42-33(34,35)41-23)27(20-10-6-4-7-11-20)37(28(25)30(39)40)29(38)21-12-8-5-9-13-21/h4,6-7,10-11,14-15,18,21,25-28,36H,5,8-9,12-13,16-17,19H2,1-3H3,(H,39,40)/t25-,26-,27-,28-/m0/s1. The van der Waals surface area contributed by atoms with E-state index in [0.717, 1.165) is 56.1 Å². The van der Waals surface area contributed by atoms with Crippen molar-refractivity contribution in [3.63, 3.8) is 0 Å². The quantitative estimate of drug-likeness (QED) is 0.400. The highest BCUT2D eigenvalue weighted by Crippen LogP contribution is 2.53. The van der Waals surface area contributed by atoms with Gasteiger partial charge in [-0.1, -0.05) is 76.4 Å². The number of carbonyl (C=O) groups is 2. The summed E-state index contributed by atoms with van der Waals surface area (Å²) in [7, 11) is 0. The molecule has 1 saturated heterocycles. The van der Waals surface area contributed by atoms with Gasteiger partial charge in [0.25, 0.3) is 0 Å². The molecule has 2 aliphatic heterocycles. The number of alkyl halides is 2. The zero-order chi connectivity index (χ0) is 29.9. The van der Waals surface area contributed by atoms with Crippen LogP contribution in [0.3, 0.4) is 0 Å². The normalized spacial score (nSPS) is 28.1. The summed E-state index contributed by atoms with van der Waals surface area (Å²) >= 11 is 0. The van der Waals surface area contributed by atoms with Gasteiger partial charge in [0.15, 0.2) is 11.5 Å². The smallest absolute Gasteiger partial charge is 0.480 e. The average Bonchev–Trinajstić information content (AvgIpc) is 3.55. The fourth-order valence-electron chi connectivity index (χ4n) is 7.60. The predicted octanol–water partition coefficient (Wildman–Crippen LogP) is 6.28. The number of ether oxygens (including phenoxy) is 2. The predicted molar refractivity (Wildman–Crippen MR) is 152 cm³/mol. The van der Waals surface area contributed by atoms with Crippen LogP contribution < -0.4 is 14.8 Å². The van der Waals surface area contributed by atoms with Crippen molar-refractivity contribution in [2.45, 2.75) is 95.6 Å². The van der Waals surface area contributed by atoms with Crippen molar-refractivity contribution in [1.82, 2.24) is 10.2 Å². The van der Waals surface area contributed by atoms with Gasteiger partial charge in [0.05, 0.1) is 6.04 Å². The topological polar surface area (TPSA) is 88.1 Å². The Balaban J connectivity index is 1.36. The molecule has 2 aliphatic carbocycles. The molecule has 1 amide bonds. The lowest BCUT2D eigenvalue weighted by molar-refractivity contribution is -0.286. The van der Waals surface area contributed by atoms with Gasteiger partial charge in [-0.2, -0.15) is 0 Å². The Hall–Kier alpha value is -3.20. The molecule has 2 saturated carbocycles. The molecule has 7 nitrogen and oxygen atoms in total. The molecule has 4 aliphatic rings. The molecule has 4 atom stereocenters. The van der Waals surface area contributed by atoms with Gasteiger partial charge in [0.2, 0.25) is 5.91 Å². The van der Waals surface area contributed by atoms with Crippen LogP contribution in [0.25, 0.3) is 0 Å². The van der Waals surface area contributed by atoms with Crippen LogP contribution in [0.4, 0.5) is 8.78 Å². The number of carboxylic acid groups (broad SMARTS) is 1. The number of nitrogens with one attached hydrogen (secondary N) is 1. The first-order valence-electron chi connectivity index (χ1n) is 15.1. The molecule has 3 fully saturated rings. The number of carbonyl (C=O) groups excluding carboxylic acids is 1. The van der Waals surface area contributed by atoms with Crippen LogP contribution in [-0.2, 0) is 15.0 Å². The Morgan fingerprint density at radius 3 is 2.29 bits per heavy atom. The fraction of sp³-hybridized carbons (Fsp3) is 0.576. The number of halogens is 2. The van der Waals surface area contributed by atoms with E-state index < -0.39 is 29.8 Å². The lowest BCUT2D eigenvalue weighted by Crippen LogP contribution is -2.49. The van der Waals surface area contributed by atoms with E-state index in [-0.39, 0.29) is 40.7 Å². The molecule has 0 spiro atoms.